The van der Waals surface area contributed by atoms with Crippen LogP contribution in [0.25, 0.3) is 0 Å². The first-order valence-corrected chi connectivity index (χ1v) is 2.88. The van der Waals surface area contributed by atoms with E-state index in [4.69, 9.17) is 11.0 Å². The summed E-state index contributed by atoms with van der Waals surface area (Å²) in [6, 6.07) is 2.00. The van der Waals surface area contributed by atoms with Gasteiger partial charge in [0.2, 0.25) is 0 Å². The molecule has 2 N–H and O–H groups in total. The first-order chi connectivity index (χ1) is 4.76. The normalized spacial score (nSPS) is 12.4. The fourth-order valence-corrected chi connectivity index (χ4v) is 0.465. The van der Waals surface area contributed by atoms with Crippen molar-refractivity contribution >= 4 is 0 Å². The molecule has 0 fully saturated rings. The van der Waals surface area contributed by atoms with E-state index in [9.17, 15) is 0 Å². The molecule has 0 aliphatic heterocycles. The minimum atomic E-state index is 0.553. The number of nitrogens with zero attached hydrogens (tertiary/aromatic N) is 1. The van der Waals surface area contributed by atoms with Gasteiger partial charge in [-0.2, -0.15) is 5.26 Å². The van der Waals surface area contributed by atoms with Crippen LogP contribution in [0, 0.1) is 11.3 Å². The molecule has 2 heteroatoms. The number of hydrogen-bond acceptors (Lipinski definition) is 2. The van der Waals surface area contributed by atoms with Crippen LogP contribution in [0.1, 0.15) is 6.92 Å². The maximum atomic E-state index is 8.50. The minimum Gasteiger partial charge on any atom is -0.404 e. The minimum absolute atomic E-state index is 0.553. The molecule has 0 atom stereocenters. The van der Waals surface area contributed by atoms with Crippen molar-refractivity contribution < 1.29 is 0 Å². The summed E-state index contributed by atoms with van der Waals surface area (Å²) in [6.45, 7) is 5.25. The Labute approximate surface area is 61.0 Å². The van der Waals surface area contributed by atoms with Crippen LogP contribution >= 0.6 is 0 Å². The van der Waals surface area contributed by atoms with Crippen molar-refractivity contribution in [3.63, 3.8) is 0 Å². The molecule has 0 radical (unpaired) electrons. The van der Waals surface area contributed by atoms with Crippen molar-refractivity contribution in [2.45, 2.75) is 6.92 Å². The molecule has 52 valence electrons. The van der Waals surface area contributed by atoms with Gasteiger partial charge in [-0.25, -0.2) is 0 Å². The number of allylic oxidation sites excluding steroid dienone is 4. The van der Waals surface area contributed by atoms with E-state index >= 15 is 0 Å². The Balaban J connectivity index is 4.56. The standard InChI is InChI=1S/C8H10N2/c1-3-4-8(6-10)7(2)5-9/h3-5H,1,9H2,2H3/b7-5+,8-4-. The molecule has 0 bridgehead atoms. The average molecular weight is 134 g/mol. The highest BCUT2D eigenvalue weighted by molar-refractivity contribution is 5.41. The first-order valence-electron chi connectivity index (χ1n) is 2.88. The van der Waals surface area contributed by atoms with Crippen LogP contribution in [0.2, 0.25) is 0 Å². The Kier molecular flexibility index (Phi) is 3.74. The predicted octanol–water partition coefficient (Wildman–Crippen LogP) is 1.48. The Morgan fingerprint density at radius 3 is 2.60 bits per heavy atom. The third kappa shape index (κ3) is 2.19. The Hall–Kier alpha value is -1.49. The second-order valence-corrected chi connectivity index (χ2v) is 1.78. The number of rotatable bonds is 2. The van der Waals surface area contributed by atoms with Crippen LogP contribution in [0.15, 0.2) is 36.1 Å². The summed E-state index contributed by atoms with van der Waals surface area (Å²) in [5.74, 6) is 0. The zero-order chi connectivity index (χ0) is 7.98. The molecule has 2 nitrogen and oxygen atoms in total. The van der Waals surface area contributed by atoms with E-state index in [1.807, 2.05) is 6.07 Å². The van der Waals surface area contributed by atoms with Gasteiger partial charge in [0.25, 0.3) is 0 Å². The van der Waals surface area contributed by atoms with Crippen molar-refractivity contribution in [2.75, 3.05) is 0 Å². The van der Waals surface area contributed by atoms with Crippen molar-refractivity contribution in [1.82, 2.24) is 0 Å². The van der Waals surface area contributed by atoms with Gasteiger partial charge in [0.1, 0.15) is 0 Å². The molecule has 10 heavy (non-hydrogen) atoms. The van der Waals surface area contributed by atoms with Crippen molar-refractivity contribution in [2.24, 2.45) is 5.73 Å². The predicted molar refractivity (Wildman–Crippen MR) is 41.8 cm³/mol. The fourth-order valence-electron chi connectivity index (χ4n) is 0.465. The van der Waals surface area contributed by atoms with Gasteiger partial charge in [-0.05, 0) is 24.8 Å². The second kappa shape index (κ2) is 4.39. The zero-order valence-corrected chi connectivity index (χ0v) is 5.96. The maximum Gasteiger partial charge on any atom is 0.0994 e. The van der Waals surface area contributed by atoms with Crippen LogP contribution in [0.4, 0.5) is 0 Å². The van der Waals surface area contributed by atoms with Crippen LogP contribution < -0.4 is 5.73 Å². The monoisotopic (exact) mass is 134 g/mol. The van der Waals surface area contributed by atoms with Crippen LogP contribution in [0.5, 0.6) is 0 Å². The van der Waals surface area contributed by atoms with Gasteiger partial charge in [-0.3, -0.25) is 0 Å². The molecule has 0 saturated carbocycles. The summed E-state index contributed by atoms with van der Waals surface area (Å²) >= 11 is 0. The maximum absolute atomic E-state index is 8.50. The number of hydrogen-bond donors (Lipinski definition) is 1. The zero-order valence-electron chi connectivity index (χ0n) is 5.96. The van der Waals surface area contributed by atoms with E-state index in [0.717, 1.165) is 5.57 Å². The smallest absolute Gasteiger partial charge is 0.0994 e. The van der Waals surface area contributed by atoms with Crippen molar-refractivity contribution in [1.29, 1.82) is 5.26 Å². The molecular formula is C8H10N2. The first kappa shape index (κ1) is 8.51. The summed E-state index contributed by atoms with van der Waals surface area (Å²) in [5.41, 5.74) is 6.51. The second-order valence-electron chi connectivity index (χ2n) is 1.78. The van der Waals surface area contributed by atoms with E-state index < -0.39 is 0 Å². The van der Waals surface area contributed by atoms with Crippen LogP contribution in [-0.4, -0.2) is 0 Å². The lowest BCUT2D eigenvalue weighted by molar-refractivity contribution is 1.36. The van der Waals surface area contributed by atoms with Gasteiger partial charge in [-0.15, -0.1) is 0 Å². The fraction of sp³-hybridized carbons (Fsp3) is 0.125. The lowest BCUT2D eigenvalue weighted by Crippen LogP contribution is -1.86. The van der Waals surface area contributed by atoms with Crippen LogP contribution in [0.3, 0.4) is 0 Å². The third-order valence-electron chi connectivity index (χ3n) is 1.08. The third-order valence-corrected chi connectivity index (χ3v) is 1.08. The molecule has 0 aromatic heterocycles. The molecule has 0 aromatic carbocycles. The molecule has 0 spiro atoms. The van der Waals surface area contributed by atoms with Gasteiger partial charge in [0.05, 0.1) is 11.6 Å². The van der Waals surface area contributed by atoms with Gasteiger partial charge in [0.15, 0.2) is 0 Å². The average Bonchev–Trinajstić information content (AvgIpc) is 1.99. The highest BCUT2D eigenvalue weighted by atomic mass is 14.5. The quantitative estimate of drug-likeness (QED) is 0.459. The van der Waals surface area contributed by atoms with Gasteiger partial charge >= 0.3 is 0 Å². The molecular weight excluding hydrogens is 124 g/mol. The SMILES string of the molecule is C=C/C=C(C#N)\C(C)=C\N. The summed E-state index contributed by atoms with van der Waals surface area (Å²) in [7, 11) is 0. The van der Waals surface area contributed by atoms with E-state index in [-0.39, 0.29) is 0 Å². The molecule has 0 amide bonds. The van der Waals surface area contributed by atoms with E-state index in [1.54, 1.807) is 19.1 Å². The molecule has 0 rings (SSSR count). The summed E-state index contributed by atoms with van der Waals surface area (Å²) in [6.07, 6.45) is 4.59. The molecule has 0 aliphatic rings. The topological polar surface area (TPSA) is 49.8 Å². The Morgan fingerprint density at radius 2 is 2.30 bits per heavy atom. The van der Waals surface area contributed by atoms with Gasteiger partial charge in [-0.1, -0.05) is 12.7 Å². The summed E-state index contributed by atoms with van der Waals surface area (Å²) < 4.78 is 0. The van der Waals surface area contributed by atoms with E-state index in [1.165, 1.54) is 6.20 Å². The summed E-state index contributed by atoms with van der Waals surface area (Å²) in [4.78, 5) is 0. The largest absolute Gasteiger partial charge is 0.404 e. The van der Waals surface area contributed by atoms with E-state index in [2.05, 4.69) is 6.58 Å². The molecule has 0 aromatic rings. The molecule has 0 saturated heterocycles. The molecule has 0 aliphatic carbocycles. The number of nitriles is 1. The Morgan fingerprint density at radius 1 is 1.70 bits per heavy atom. The van der Waals surface area contributed by atoms with Gasteiger partial charge < -0.3 is 5.73 Å². The van der Waals surface area contributed by atoms with Crippen molar-refractivity contribution in [3.8, 4) is 6.07 Å². The lowest BCUT2D eigenvalue weighted by atomic mass is 10.1. The Bertz CT molecular complexity index is 216. The number of nitrogens with two attached hydrogens (primary N) is 1. The molecule has 0 heterocycles. The molecule has 0 unspecified atom stereocenters. The van der Waals surface area contributed by atoms with Gasteiger partial charge in [0, 0.05) is 0 Å². The van der Waals surface area contributed by atoms with Crippen LogP contribution in [-0.2, 0) is 0 Å². The highest BCUT2D eigenvalue weighted by Crippen LogP contribution is 2.05. The van der Waals surface area contributed by atoms with E-state index in [0.29, 0.717) is 5.57 Å². The highest BCUT2D eigenvalue weighted by Gasteiger charge is 1.93. The summed E-state index contributed by atoms with van der Waals surface area (Å²) in [5, 5.41) is 8.50. The lowest BCUT2D eigenvalue weighted by Gasteiger charge is -1.92. The van der Waals surface area contributed by atoms with Crippen molar-refractivity contribution in [3.05, 3.63) is 36.1 Å².